The molecule has 0 saturated carbocycles. The molecule has 3 rings (SSSR count). The lowest BCUT2D eigenvalue weighted by Crippen LogP contribution is -2.02. The van der Waals surface area contributed by atoms with Gasteiger partial charge in [0.15, 0.2) is 0 Å². The third kappa shape index (κ3) is 3.30. The third-order valence-electron chi connectivity index (χ3n) is 3.72. The number of esters is 1. The molecule has 0 saturated heterocycles. The largest absolute Gasteiger partial charge is 0.497 e. The van der Waals surface area contributed by atoms with Gasteiger partial charge < -0.3 is 9.47 Å². The number of ether oxygens (including phenoxy) is 2. The SMILES string of the molecule is COC(=O)c1cn(Cc2ccc(OC)cc2)nc1-c1ccccc1. The number of aromatic nitrogens is 2. The van der Waals surface area contributed by atoms with Crippen molar-refractivity contribution in [2.75, 3.05) is 14.2 Å². The van der Waals surface area contributed by atoms with Crippen molar-refractivity contribution in [3.63, 3.8) is 0 Å². The van der Waals surface area contributed by atoms with Crippen molar-refractivity contribution in [2.24, 2.45) is 0 Å². The van der Waals surface area contributed by atoms with Crippen molar-refractivity contribution in [2.45, 2.75) is 6.54 Å². The summed E-state index contributed by atoms with van der Waals surface area (Å²) in [5.41, 5.74) is 3.02. The molecular formula is C19H18N2O3. The topological polar surface area (TPSA) is 53.4 Å². The molecule has 0 unspecified atom stereocenters. The van der Waals surface area contributed by atoms with E-state index >= 15 is 0 Å². The molecule has 0 aliphatic carbocycles. The molecule has 1 heterocycles. The molecule has 24 heavy (non-hydrogen) atoms. The Morgan fingerprint density at radius 2 is 1.75 bits per heavy atom. The smallest absolute Gasteiger partial charge is 0.341 e. The zero-order valence-corrected chi connectivity index (χ0v) is 13.6. The second-order valence-electron chi connectivity index (χ2n) is 5.29. The van der Waals surface area contributed by atoms with Crippen molar-refractivity contribution in [1.82, 2.24) is 9.78 Å². The van der Waals surface area contributed by atoms with Crippen LogP contribution in [0, 0.1) is 0 Å². The summed E-state index contributed by atoms with van der Waals surface area (Å²) in [5, 5.41) is 4.57. The summed E-state index contributed by atoms with van der Waals surface area (Å²) in [7, 11) is 3.01. The highest BCUT2D eigenvalue weighted by atomic mass is 16.5. The number of nitrogens with zero attached hydrogens (tertiary/aromatic N) is 2. The molecule has 0 aliphatic heterocycles. The van der Waals surface area contributed by atoms with E-state index in [9.17, 15) is 4.79 Å². The van der Waals surface area contributed by atoms with E-state index in [1.807, 2.05) is 54.6 Å². The van der Waals surface area contributed by atoms with Crippen LogP contribution in [0.5, 0.6) is 5.75 Å². The van der Waals surface area contributed by atoms with Crippen LogP contribution >= 0.6 is 0 Å². The van der Waals surface area contributed by atoms with Crippen LogP contribution in [0.1, 0.15) is 15.9 Å². The zero-order valence-electron chi connectivity index (χ0n) is 13.6. The lowest BCUT2D eigenvalue weighted by atomic mass is 10.1. The van der Waals surface area contributed by atoms with Gasteiger partial charge in [-0.2, -0.15) is 5.10 Å². The van der Waals surface area contributed by atoms with Gasteiger partial charge in [-0.25, -0.2) is 4.79 Å². The van der Waals surface area contributed by atoms with Gasteiger partial charge in [0.25, 0.3) is 0 Å². The Kier molecular flexibility index (Phi) is 4.61. The summed E-state index contributed by atoms with van der Waals surface area (Å²) >= 11 is 0. The van der Waals surface area contributed by atoms with Crippen molar-refractivity contribution in [1.29, 1.82) is 0 Å². The quantitative estimate of drug-likeness (QED) is 0.676. The first-order valence-electron chi connectivity index (χ1n) is 7.55. The summed E-state index contributed by atoms with van der Waals surface area (Å²) in [4.78, 5) is 12.1. The van der Waals surface area contributed by atoms with E-state index in [4.69, 9.17) is 9.47 Å². The van der Waals surface area contributed by atoms with Gasteiger partial charge >= 0.3 is 5.97 Å². The van der Waals surface area contributed by atoms with Gasteiger partial charge in [0.1, 0.15) is 17.0 Å². The summed E-state index contributed by atoms with van der Waals surface area (Å²) in [5.74, 6) is 0.411. The molecule has 5 heteroatoms. The first-order valence-corrected chi connectivity index (χ1v) is 7.55. The standard InChI is InChI=1S/C19H18N2O3/c1-23-16-10-8-14(9-11-16)12-21-13-17(19(22)24-2)18(20-21)15-6-4-3-5-7-15/h3-11,13H,12H2,1-2H3. The van der Waals surface area contributed by atoms with Crippen molar-refractivity contribution < 1.29 is 14.3 Å². The van der Waals surface area contributed by atoms with Gasteiger partial charge in [0, 0.05) is 11.8 Å². The Hall–Kier alpha value is -3.08. The van der Waals surface area contributed by atoms with Crippen LogP contribution in [0.15, 0.2) is 60.8 Å². The van der Waals surface area contributed by atoms with E-state index in [0.717, 1.165) is 16.9 Å². The number of hydrogen-bond donors (Lipinski definition) is 0. The number of benzene rings is 2. The lowest BCUT2D eigenvalue weighted by molar-refractivity contribution is 0.0601. The molecule has 122 valence electrons. The van der Waals surface area contributed by atoms with E-state index < -0.39 is 5.97 Å². The predicted molar refractivity (Wildman–Crippen MR) is 91.1 cm³/mol. The van der Waals surface area contributed by atoms with Crippen LogP contribution < -0.4 is 4.74 Å². The molecule has 0 fully saturated rings. The Balaban J connectivity index is 1.94. The van der Waals surface area contributed by atoms with Crippen molar-refractivity contribution >= 4 is 5.97 Å². The Morgan fingerprint density at radius 3 is 2.38 bits per heavy atom. The molecule has 1 aromatic heterocycles. The average molecular weight is 322 g/mol. The average Bonchev–Trinajstić information content (AvgIpc) is 3.06. The number of carbonyl (C=O) groups excluding carboxylic acids is 1. The summed E-state index contributed by atoms with van der Waals surface area (Å²) in [6.45, 7) is 0.556. The molecule has 0 aliphatic rings. The normalized spacial score (nSPS) is 10.4. The Morgan fingerprint density at radius 1 is 1.04 bits per heavy atom. The van der Waals surface area contributed by atoms with Gasteiger partial charge in [-0.05, 0) is 17.7 Å². The van der Waals surface area contributed by atoms with E-state index in [1.54, 1.807) is 18.0 Å². The molecule has 0 bridgehead atoms. The molecule has 2 aromatic carbocycles. The number of rotatable bonds is 5. The second kappa shape index (κ2) is 7.00. The highest BCUT2D eigenvalue weighted by Gasteiger charge is 2.18. The Labute approximate surface area is 140 Å². The van der Waals surface area contributed by atoms with Gasteiger partial charge in [-0.15, -0.1) is 0 Å². The van der Waals surface area contributed by atoms with Gasteiger partial charge in [-0.3, -0.25) is 4.68 Å². The van der Waals surface area contributed by atoms with Crippen LogP contribution in [-0.4, -0.2) is 30.0 Å². The third-order valence-corrected chi connectivity index (χ3v) is 3.72. The van der Waals surface area contributed by atoms with Crippen LogP contribution in [0.4, 0.5) is 0 Å². The van der Waals surface area contributed by atoms with Crippen LogP contribution in [0.3, 0.4) is 0 Å². The number of hydrogen-bond acceptors (Lipinski definition) is 4. The van der Waals surface area contributed by atoms with Crippen LogP contribution in [-0.2, 0) is 11.3 Å². The maximum Gasteiger partial charge on any atom is 0.341 e. The minimum atomic E-state index is -0.394. The summed E-state index contributed by atoms with van der Waals surface area (Å²) in [6, 6.07) is 17.4. The molecular weight excluding hydrogens is 304 g/mol. The van der Waals surface area contributed by atoms with Crippen molar-refractivity contribution in [3.05, 3.63) is 71.9 Å². The first-order chi connectivity index (χ1) is 11.7. The van der Waals surface area contributed by atoms with Gasteiger partial charge in [0.2, 0.25) is 0 Å². The van der Waals surface area contributed by atoms with Gasteiger partial charge in [-0.1, -0.05) is 42.5 Å². The minimum Gasteiger partial charge on any atom is -0.497 e. The Bertz CT molecular complexity index is 824. The molecule has 3 aromatic rings. The fourth-order valence-corrected chi connectivity index (χ4v) is 2.49. The number of carbonyl (C=O) groups is 1. The molecule has 0 atom stereocenters. The fraction of sp³-hybridized carbons (Fsp3) is 0.158. The van der Waals surface area contributed by atoms with Gasteiger partial charge in [0.05, 0.1) is 20.8 Å². The van der Waals surface area contributed by atoms with E-state index in [2.05, 4.69) is 5.10 Å². The molecule has 0 radical (unpaired) electrons. The van der Waals surface area contributed by atoms with E-state index in [-0.39, 0.29) is 0 Å². The zero-order chi connectivity index (χ0) is 16.9. The van der Waals surface area contributed by atoms with E-state index in [1.165, 1.54) is 7.11 Å². The second-order valence-corrected chi connectivity index (χ2v) is 5.29. The highest BCUT2D eigenvalue weighted by Crippen LogP contribution is 2.23. The van der Waals surface area contributed by atoms with E-state index in [0.29, 0.717) is 17.8 Å². The molecule has 0 spiro atoms. The lowest BCUT2D eigenvalue weighted by Gasteiger charge is -2.04. The van der Waals surface area contributed by atoms with Crippen molar-refractivity contribution in [3.8, 4) is 17.0 Å². The monoisotopic (exact) mass is 322 g/mol. The molecule has 0 N–H and O–H groups in total. The summed E-state index contributed by atoms with van der Waals surface area (Å²) in [6.07, 6.45) is 1.72. The summed E-state index contributed by atoms with van der Waals surface area (Å²) < 4.78 is 11.8. The maximum absolute atomic E-state index is 12.1. The van der Waals surface area contributed by atoms with Crippen LogP contribution in [0.25, 0.3) is 11.3 Å². The first kappa shape index (κ1) is 15.8. The maximum atomic E-state index is 12.1. The fourth-order valence-electron chi connectivity index (χ4n) is 2.49. The predicted octanol–water partition coefficient (Wildman–Crippen LogP) is 3.39. The molecule has 5 nitrogen and oxygen atoms in total. The highest BCUT2D eigenvalue weighted by molar-refractivity contribution is 5.95. The minimum absolute atomic E-state index is 0.394. The number of methoxy groups -OCH3 is 2. The molecule has 0 amide bonds. The van der Waals surface area contributed by atoms with Crippen LogP contribution in [0.2, 0.25) is 0 Å².